The van der Waals surface area contributed by atoms with Crippen LogP contribution in [-0.2, 0) is 0 Å². The summed E-state index contributed by atoms with van der Waals surface area (Å²) in [6, 6.07) is 18.2. The Kier molecular flexibility index (Phi) is 2.59. The van der Waals surface area contributed by atoms with Gasteiger partial charge in [0.2, 0.25) is 0 Å². The minimum Gasteiger partial charge on any atom is -0.386 e. The van der Waals surface area contributed by atoms with Crippen molar-refractivity contribution in [1.82, 2.24) is 9.38 Å². The topological polar surface area (TPSA) is 81.7 Å². The van der Waals surface area contributed by atoms with Crippen LogP contribution in [0.4, 0.5) is 0 Å². The molecular weight excluding hydrogens is 380 g/mol. The average Bonchev–Trinajstić information content (AvgIpc) is 2.76. The lowest BCUT2D eigenvalue weighted by Crippen LogP contribution is -2.18. The van der Waals surface area contributed by atoms with Crippen LogP contribution < -0.4 is 16.8 Å². The molecule has 30 heavy (non-hydrogen) atoms. The van der Waals surface area contributed by atoms with E-state index in [1.165, 1.54) is 0 Å². The first-order valence-corrected chi connectivity index (χ1v) is 9.45. The van der Waals surface area contributed by atoms with Gasteiger partial charge in [0, 0.05) is 26.9 Å². The normalized spacial score (nSPS) is 12.4. The molecule has 3 aromatic heterocycles. The van der Waals surface area contributed by atoms with Crippen LogP contribution in [0.1, 0.15) is 0 Å². The maximum Gasteiger partial charge on any atom is 0.346 e. The van der Waals surface area contributed by atoms with Gasteiger partial charge < -0.3 is 4.42 Å². The van der Waals surface area contributed by atoms with Gasteiger partial charge in [0.25, 0.3) is 5.56 Å². The van der Waals surface area contributed by atoms with Crippen molar-refractivity contribution in [2.24, 2.45) is 0 Å². The Hall–Kier alpha value is -4.32. The molecule has 6 nitrogen and oxygen atoms in total. The van der Waals surface area contributed by atoms with Crippen LogP contribution in [0.15, 0.2) is 79.5 Å². The minimum atomic E-state index is -0.689. The molecule has 140 valence electrons. The molecular formula is C24H10N2O4. The molecule has 0 aliphatic carbocycles. The smallest absolute Gasteiger partial charge is 0.346 e. The van der Waals surface area contributed by atoms with E-state index < -0.39 is 11.3 Å². The second-order valence-electron chi connectivity index (χ2n) is 7.48. The molecule has 0 fully saturated rings. The molecule has 0 radical (unpaired) electrons. The van der Waals surface area contributed by atoms with Crippen LogP contribution in [0, 0.1) is 0 Å². The zero-order valence-corrected chi connectivity index (χ0v) is 15.3. The molecule has 0 aliphatic rings. The van der Waals surface area contributed by atoms with Gasteiger partial charge in [-0.1, -0.05) is 30.3 Å². The lowest BCUT2D eigenvalue weighted by atomic mass is 9.99. The number of fused-ring (bicyclic) bond motifs is 3. The van der Waals surface area contributed by atoms with Gasteiger partial charge >= 0.3 is 11.3 Å². The zero-order valence-electron chi connectivity index (χ0n) is 15.3. The SMILES string of the molecule is O=c1oc(=O)c2ccc3c4c(ccc1c24)nc1c2cccc4cccc(c(=O)n31)c42. The fraction of sp³-hybridized carbons (Fsp3) is 0. The van der Waals surface area contributed by atoms with Gasteiger partial charge in [-0.15, -0.1) is 0 Å². The second-order valence-corrected chi connectivity index (χ2v) is 7.48. The van der Waals surface area contributed by atoms with E-state index in [1.54, 1.807) is 28.7 Å². The minimum absolute atomic E-state index is 0.186. The fourth-order valence-corrected chi connectivity index (χ4v) is 4.76. The van der Waals surface area contributed by atoms with E-state index in [0.29, 0.717) is 43.6 Å². The van der Waals surface area contributed by atoms with Gasteiger partial charge in [-0.2, -0.15) is 0 Å². The zero-order chi connectivity index (χ0) is 20.1. The third kappa shape index (κ3) is 1.66. The Labute approximate surface area is 165 Å². The number of hydrogen-bond acceptors (Lipinski definition) is 5. The van der Waals surface area contributed by atoms with Crippen molar-refractivity contribution in [3.8, 4) is 0 Å². The summed E-state index contributed by atoms with van der Waals surface area (Å²) in [6.45, 7) is 0. The highest BCUT2D eigenvalue weighted by atomic mass is 16.4. The highest BCUT2D eigenvalue weighted by Crippen LogP contribution is 2.34. The van der Waals surface area contributed by atoms with Gasteiger partial charge in [-0.05, 0) is 35.7 Å². The van der Waals surface area contributed by atoms with Crippen LogP contribution in [0.5, 0.6) is 0 Å². The number of rotatable bonds is 0. The highest BCUT2D eigenvalue weighted by Gasteiger charge is 2.20. The molecule has 6 heteroatoms. The van der Waals surface area contributed by atoms with Crippen LogP contribution in [0.3, 0.4) is 0 Å². The first kappa shape index (κ1) is 15.6. The summed E-state index contributed by atoms with van der Waals surface area (Å²) < 4.78 is 6.43. The molecule has 0 amide bonds. The molecule has 7 rings (SSSR count). The van der Waals surface area contributed by atoms with E-state index in [9.17, 15) is 14.4 Å². The Bertz CT molecular complexity index is 1980. The van der Waals surface area contributed by atoms with Crippen molar-refractivity contribution in [1.29, 1.82) is 0 Å². The van der Waals surface area contributed by atoms with Gasteiger partial charge in [0.1, 0.15) is 5.65 Å². The van der Waals surface area contributed by atoms with E-state index in [0.717, 1.165) is 16.2 Å². The lowest BCUT2D eigenvalue weighted by Gasteiger charge is -2.14. The lowest BCUT2D eigenvalue weighted by molar-refractivity contribution is 0.489. The standard InChI is InChI=1S/C24H10N2O4/c27-22-13-6-2-4-11-3-1-5-12(18(11)13)21-25-16-9-7-14-19-15(24(29)30-23(14)28)8-10-17(20(16)19)26(21)22/h1-10H. The molecule has 0 spiro atoms. The molecule has 4 aromatic carbocycles. The number of pyridine rings is 1. The monoisotopic (exact) mass is 390 g/mol. The summed E-state index contributed by atoms with van der Waals surface area (Å²) in [5, 5.41) is 5.03. The number of aromatic nitrogens is 2. The molecule has 0 saturated carbocycles. The predicted molar refractivity (Wildman–Crippen MR) is 116 cm³/mol. The summed E-state index contributed by atoms with van der Waals surface area (Å²) in [5.74, 6) is 0. The van der Waals surface area contributed by atoms with Crippen molar-refractivity contribution in [3.63, 3.8) is 0 Å². The summed E-state index contributed by atoms with van der Waals surface area (Å²) >= 11 is 0. The third-order valence-electron chi connectivity index (χ3n) is 6.00. The van der Waals surface area contributed by atoms with Gasteiger partial charge in [-0.25, -0.2) is 14.6 Å². The number of hydrogen-bond donors (Lipinski definition) is 0. The summed E-state index contributed by atoms with van der Waals surface area (Å²) in [7, 11) is 0. The molecule has 0 N–H and O–H groups in total. The van der Waals surface area contributed by atoms with E-state index in [2.05, 4.69) is 0 Å². The van der Waals surface area contributed by atoms with Crippen LogP contribution >= 0.6 is 0 Å². The molecule has 3 heterocycles. The van der Waals surface area contributed by atoms with Crippen molar-refractivity contribution in [3.05, 3.63) is 91.9 Å². The third-order valence-corrected chi connectivity index (χ3v) is 6.00. The summed E-state index contributed by atoms with van der Waals surface area (Å²) in [4.78, 5) is 42.9. The molecule has 0 saturated heterocycles. The number of nitrogens with zero attached hydrogens (tertiary/aromatic N) is 2. The second kappa shape index (κ2) is 4.99. The largest absolute Gasteiger partial charge is 0.386 e. The first-order valence-electron chi connectivity index (χ1n) is 9.45. The molecule has 0 unspecified atom stereocenters. The van der Waals surface area contributed by atoms with E-state index in [-0.39, 0.29) is 5.56 Å². The Balaban J connectivity index is 1.91. The van der Waals surface area contributed by atoms with E-state index in [4.69, 9.17) is 9.40 Å². The predicted octanol–water partition coefficient (Wildman–Crippen LogP) is 3.65. The quantitative estimate of drug-likeness (QED) is 0.292. The van der Waals surface area contributed by atoms with Crippen molar-refractivity contribution < 1.29 is 4.42 Å². The summed E-state index contributed by atoms with van der Waals surface area (Å²) in [5.41, 5.74) is 0.203. The average molecular weight is 390 g/mol. The first-order chi connectivity index (χ1) is 14.6. The van der Waals surface area contributed by atoms with Crippen molar-refractivity contribution in [2.75, 3.05) is 0 Å². The van der Waals surface area contributed by atoms with Crippen LogP contribution in [0.25, 0.3) is 59.8 Å². The summed E-state index contributed by atoms with van der Waals surface area (Å²) in [6.07, 6.45) is 0. The van der Waals surface area contributed by atoms with Crippen molar-refractivity contribution in [2.45, 2.75) is 0 Å². The fourth-order valence-electron chi connectivity index (χ4n) is 4.76. The molecule has 0 bridgehead atoms. The molecule has 0 atom stereocenters. The van der Waals surface area contributed by atoms with Crippen LogP contribution in [-0.4, -0.2) is 9.38 Å². The van der Waals surface area contributed by atoms with E-state index >= 15 is 0 Å². The maximum absolute atomic E-state index is 13.6. The Morgan fingerprint density at radius 2 is 1.37 bits per heavy atom. The Morgan fingerprint density at radius 1 is 0.667 bits per heavy atom. The van der Waals surface area contributed by atoms with Gasteiger partial charge in [0.05, 0.1) is 21.8 Å². The van der Waals surface area contributed by atoms with Gasteiger partial charge in [0.15, 0.2) is 0 Å². The van der Waals surface area contributed by atoms with Gasteiger partial charge in [-0.3, -0.25) is 9.20 Å². The highest BCUT2D eigenvalue weighted by molar-refractivity contribution is 6.23. The van der Waals surface area contributed by atoms with Crippen molar-refractivity contribution >= 4 is 59.8 Å². The Morgan fingerprint density at radius 3 is 2.13 bits per heavy atom. The number of benzene rings is 4. The maximum atomic E-state index is 13.6. The molecule has 0 aliphatic heterocycles. The molecule has 7 aromatic rings. The van der Waals surface area contributed by atoms with E-state index in [1.807, 2.05) is 36.4 Å². The van der Waals surface area contributed by atoms with Crippen LogP contribution in [0.2, 0.25) is 0 Å².